The molecule has 0 atom stereocenters. The largest absolute Gasteiger partial charge is 0.478 e. The summed E-state index contributed by atoms with van der Waals surface area (Å²) in [6.45, 7) is 3.57. The van der Waals surface area contributed by atoms with Gasteiger partial charge in [-0.3, -0.25) is 9.97 Å². The van der Waals surface area contributed by atoms with Crippen LogP contribution in [-0.2, 0) is 16.4 Å². The van der Waals surface area contributed by atoms with Crippen molar-refractivity contribution in [1.82, 2.24) is 14.7 Å². The first kappa shape index (κ1) is 17.0. The minimum atomic E-state index is -3.70. The van der Waals surface area contributed by atoms with Crippen LogP contribution in [0.2, 0.25) is 0 Å². The minimum absolute atomic E-state index is 0.0522. The molecule has 8 heteroatoms. The Bertz CT molecular complexity index is 817. The molecular weight excluding hydrogens is 318 g/mol. The van der Waals surface area contributed by atoms with Crippen LogP contribution in [0.3, 0.4) is 0 Å². The lowest BCUT2D eigenvalue weighted by Crippen LogP contribution is -2.27. The first-order valence-electron chi connectivity index (χ1n) is 6.91. The summed E-state index contributed by atoms with van der Waals surface area (Å²) in [5, 5.41) is 8.91. The Balaban J connectivity index is 2.07. The Morgan fingerprint density at radius 3 is 2.52 bits per heavy atom. The second kappa shape index (κ2) is 6.84. The number of nitrogens with one attached hydrogen (secondary N) is 1. The number of aryl methyl sites for hydroxylation is 2. The van der Waals surface area contributed by atoms with Crippen molar-refractivity contribution in [2.75, 3.05) is 6.54 Å². The Kier molecular flexibility index (Phi) is 5.07. The second-order valence-electron chi connectivity index (χ2n) is 5.08. The second-order valence-corrected chi connectivity index (χ2v) is 6.82. The van der Waals surface area contributed by atoms with E-state index in [4.69, 9.17) is 5.11 Å². The number of aromatic nitrogens is 2. The third kappa shape index (κ3) is 4.33. The maximum atomic E-state index is 12.3. The number of rotatable bonds is 6. The normalized spacial score (nSPS) is 11.4. The van der Waals surface area contributed by atoms with Gasteiger partial charge in [0.25, 0.3) is 0 Å². The molecule has 0 unspecified atom stereocenters. The van der Waals surface area contributed by atoms with Crippen molar-refractivity contribution in [2.45, 2.75) is 25.2 Å². The zero-order chi connectivity index (χ0) is 17.0. The molecule has 0 saturated carbocycles. The molecular formula is C15H17N3O4S. The van der Waals surface area contributed by atoms with Crippen LogP contribution in [0.25, 0.3) is 0 Å². The summed E-state index contributed by atoms with van der Waals surface area (Å²) in [5.41, 5.74) is 1.92. The van der Waals surface area contributed by atoms with Crippen LogP contribution >= 0.6 is 0 Å². The van der Waals surface area contributed by atoms with Gasteiger partial charge in [-0.15, -0.1) is 0 Å². The van der Waals surface area contributed by atoms with E-state index >= 15 is 0 Å². The van der Waals surface area contributed by atoms with E-state index in [0.717, 1.165) is 5.69 Å². The monoisotopic (exact) mass is 335 g/mol. The Morgan fingerprint density at radius 1 is 1.22 bits per heavy atom. The molecule has 2 rings (SSSR count). The lowest BCUT2D eigenvalue weighted by Gasteiger charge is -2.10. The number of sulfonamides is 1. The molecule has 2 N–H and O–H groups in total. The zero-order valence-corrected chi connectivity index (χ0v) is 13.6. The molecule has 7 nitrogen and oxygen atoms in total. The quantitative estimate of drug-likeness (QED) is 0.824. The van der Waals surface area contributed by atoms with Gasteiger partial charge in [-0.05, 0) is 37.6 Å². The maximum Gasteiger partial charge on any atom is 0.335 e. The summed E-state index contributed by atoms with van der Waals surface area (Å²) in [5.74, 6) is -1.09. The summed E-state index contributed by atoms with van der Waals surface area (Å²) < 4.78 is 27.1. The van der Waals surface area contributed by atoms with Crippen molar-refractivity contribution >= 4 is 16.0 Å². The lowest BCUT2D eigenvalue weighted by atomic mass is 10.1. The fraction of sp³-hybridized carbons (Fsp3) is 0.267. The first-order valence-corrected chi connectivity index (χ1v) is 8.39. The van der Waals surface area contributed by atoms with E-state index in [0.29, 0.717) is 17.7 Å². The predicted molar refractivity (Wildman–Crippen MR) is 83.8 cm³/mol. The molecule has 1 aromatic carbocycles. The highest BCUT2D eigenvalue weighted by atomic mass is 32.2. The lowest BCUT2D eigenvalue weighted by molar-refractivity contribution is 0.0696. The summed E-state index contributed by atoms with van der Waals surface area (Å²) in [6.07, 6.45) is 3.65. The van der Waals surface area contributed by atoms with Crippen molar-refractivity contribution in [1.29, 1.82) is 0 Å². The smallest absolute Gasteiger partial charge is 0.335 e. The van der Waals surface area contributed by atoms with E-state index < -0.39 is 16.0 Å². The Hall–Kier alpha value is -2.32. The van der Waals surface area contributed by atoms with Crippen molar-refractivity contribution in [3.8, 4) is 0 Å². The molecule has 0 bridgehead atoms. The average molecular weight is 335 g/mol. The molecule has 23 heavy (non-hydrogen) atoms. The number of aromatic carboxylic acids is 1. The highest BCUT2D eigenvalue weighted by molar-refractivity contribution is 7.89. The third-order valence-electron chi connectivity index (χ3n) is 3.22. The van der Waals surface area contributed by atoms with Crippen LogP contribution in [0.4, 0.5) is 0 Å². The van der Waals surface area contributed by atoms with E-state index in [1.54, 1.807) is 19.3 Å². The fourth-order valence-electron chi connectivity index (χ4n) is 2.02. The van der Waals surface area contributed by atoms with E-state index in [1.807, 2.05) is 6.92 Å². The van der Waals surface area contributed by atoms with Gasteiger partial charge >= 0.3 is 5.97 Å². The number of hydrogen-bond donors (Lipinski definition) is 2. The van der Waals surface area contributed by atoms with Crippen LogP contribution in [0, 0.1) is 13.8 Å². The van der Waals surface area contributed by atoms with Crippen LogP contribution < -0.4 is 4.72 Å². The molecule has 0 aliphatic carbocycles. The van der Waals surface area contributed by atoms with E-state index in [2.05, 4.69) is 14.7 Å². The van der Waals surface area contributed by atoms with E-state index in [9.17, 15) is 13.2 Å². The molecule has 1 aromatic heterocycles. The molecule has 2 aromatic rings. The summed E-state index contributed by atoms with van der Waals surface area (Å²) >= 11 is 0. The predicted octanol–water partition coefficient (Wildman–Crippen LogP) is 1.31. The van der Waals surface area contributed by atoms with Gasteiger partial charge in [0, 0.05) is 25.4 Å². The van der Waals surface area contributed by atoms with Gasteiger partial charge in [0.2, 0.25) is 10.0 Å². The molecule has 0 saturated heterocycles. The van der Waals surface area contributed by atoms with Gasteiger partial charge in [-0.2, -0.15) is 0 Å². The number of hydrogen-bond acceptors (Lipinski definition) is 5. The zero-order valence-electron chi connectivity index (χ0n) is 12.8. The number of nitrogens with zero attached hydrogens (tertiary/aromatic N) is 2. The molecule has 0 spiro atoms. The highest BCUT2D eigenvalue weighted by Crippen LogP contribution is 2.16. The topological polar surface area (TPSA) is 109 Å². The number of benzene rings is 1. The van der Waals surface area contributed by atoms with Crippen molar-refractivity contribution < 1.29 is 18.3 Å². The van der Waals surface area contributed by atoms with Crippen molar-refractivity contribution in [3.05, 3.63) is 53.1 Å². The number of carbonyl (C=O) groups is 1. The maximum absolute atomic E-state index is 12.3. The molecule has 0 amide bonds. The number of carboxylic acids is 1. The number of carboxylic acid groups (broad SMARTS) is 1. The summed E-state index contributed by atoms with van der Waals surface area (Å²) in [4.78, 5) is 19.2. The Labute approximate surface area is 134 Å². The molecule has 0 aliphatic rings. The first-order chi connectivity index (χ1) is 10.8. The van der Waals surface area contributed by atoms with E-state index in [1.165, 1.54) is 18.2 Å². The van der Waals surface area contributed by atoms with E-state index in [-0.39, 0.29) is 17.0 Å². The fourth-order valence-corrected chi connectivity index (χ4v) is 3.28. The molecule has 0 radical (unpaired) electrons. The highest BCUT2D eigenvalue weighted by Gasteiger charge is 2.17. The van der Waals surface area contributed by atoms with Gasteiger partial charge < -0.3 is 5.11 Å². The standard InChI is InChI=1S/C15H17N3O4S/c1-10-7-12(15(19)20)3-4-14(10)23(21,22)18-6-5-13-9-16-11(2)8-17-13/h3-4,7-9,18H,5-6H2,1-2H3,(H,19,20). The molecule has 0 aliphatic heterocycles. The van der Waals surface area contributed by atoms with Gasteiger partial charge in [0.1, 0.15) is 0 Å². The van der Waals surface area contributed by atoms with Gasteiger partial charge in [-0.1, -0.05) is 0 Å². The van der Waals surface area contributed by atoms with Crippen LogP contribution in [-0.4, -0.2) is 36.0 Å². The average Bonchev–Trinajstić information content (AvgIpc) is 2.48. The summed E-state index contributed by atoms with van der Waals surface area (Å²) in [7, 11) is -3.70. The SMILES string of the molecule is Cc1cnc(CCNS(=O)(=O)c2ccc(C(=O)O)cc2C)cn1. The minimum Gasteiger partial charge on any atom is -0.478 e. The van der Waals surface area contributed by atoms with Gasteiger partial charge in [0.05, 0.1) is 21.8 Å². The summed E-state index contributed by atoms with van der Waals surface area (Å²) in [6, 6.07) is 3.91. The van der Waals surface area contributed by atoms with Crippen LogP contribution in [0.5, 0.6) is 0 Å². The van der Waals surface area contributed by atoms with Crippen LogP contribution in [0.15, 0.2) is 35.5 Å². The molecule has 1 heterocycles. The van der Waals surface area contributed by atoms with Gasteiger partial charge in [0.15, 0.2) is 0 Å². The molecule has 122 valence electrons. The van der Waals surface area contributed by atoms with Crippen molar-refractivity contribution in [2.24, 2.45) is 0 Å². The van der Waals surface area contributed by atoms with Gasteiger partial charge in [-0.25, -0.2) is 17.9 Å². The Morgan fingerprint density at radius 2 is 1.96 bits per heavy atom. The third-order valence-corrected chi connectivity index (χ3v) is 4.84. The molecule has 0 fully saturated rings. The van der Waals surface area contributed by atoms with Crippen molar-refractivity contribution in [3.63, 3.8) is 0 Å². The van der Waals surface area contributed by atoms with Crippen LogP contribution in [0.1, 0.15) is 27.3 Å².